The predicted molar refractivity (Wildman–Crippen MR) is 131 cm³/mol. The minimum atomic E-state index is -0.474. The molecular weight excluding hydrogens is 471 g/mol. The van der Waals surface area contributed by atoms with Crippen LogP contribution >= 0.6 is 11.8 Å². The molecule has 1 aromatic heterocycles. The number of thioether (sulfide) groups is 1. The SMILES string of the molecule is Cc1cccc(NC(=O)NCc2nnc(SCc3ccc(F)cc3)n2-c2ccc([N+](=O)[O-])cc2)c1. The van der Waals surface area contributed by atoms with Crippen molar-refractivity contribution >= 4 is 29.2 Å². The third-order valence-electron chi connectivity index (χ3n) is 4.98. The van der Waals surface area contributed by atoms with Crippen LogP contribution in [-0.2, 0) is 12.3 Å². The van der Waals surface area contributed by atoms with Crippen LogP contribution in [0.25, 0.3) is 5.69 Å². The number of hydrogen-bond acceptors (Lipinski definition) is 6. The molecule has 35 heavy (non-hydrogen) atoms. The lowest BCUT2D eigenvalue weighted by molar-refractivity contribution is -0.384. The van der Waals surface area contributed by atoms with Gasteiger partial charge in [-0.25, -0.2) is 9.18 Å². The lowest BCUT2D eigenvalue weighted by atomic mass is 10.2. The van der Waals surface area contributed by atoms with Crippen molar-refractivity contribution in [1.82, 2.24) is 20.1 Å². The fraction of sp³-hybridized carbons (Fsp3) is 0.125. The molecule has 0 spiro atoms. The molecule has 0 atom stereocenters. The van der Waals surface area contributed by atoms with E-state index in [-0.39, 0.29) is 18.0 Å². The van der Waals surface area contributed by atoms with Gasteiger partial charge in [-0.15, -0.1) is 10.2 Å². The molecular formula is C24H21FN6O3S. The Morgan fingerprint density at radius 2 is 1.83 bits per heavy atom. The summed E-state index contributed by atoms with van der Waals surface area (Å²) in [6, 6.07) is 19.1. The molecule has 9 nitrogen and oxygen atoms in total. The molecule has 0 saturated heterocycles. The van der Waals surface area contributed by atoms with Gasteiger partial charge < -0.3 is 10.6 Å². The number of aromatic nitrogens is 3. The fourth-order valence-corrected chi connectivity index (χ4v) is 4.20. The standard InChI is InChI=1S/C24H21FN6O3S/c1-16-3-2-4-19(13-16)27-23(32)26-14-22-28-29-24(35-15-17-5-7-18(25)8-6-17)30(22)20-9-11-21(12-10-20)31(33)34/h2-13H,14-15H2,1H3,(H2,26,27,32). The molecule has 11 heteroatoms. The topological polar surface area (TPSA) is 115 Å². The van der Waals surface area contributed by atoms with Gasteiger partial charge >= 0.3 is 6.03 Å². The van der Waals surface area contributed by atoms with E-state index >= 15 is 0 Å². The number of carbonyl (C=O) groups is 1. The number of carbonyl (C=O) groups excluding carboxylic acids is 1. The van der Waals surface area contributed by atoms with Crippen molar-refractivity contribution in [3.8, 4) is 5.69 Å². The maximum absolute atomic E-state index is 13.2. The maximum atomic E-state index is 13.2. The highest BCUT2D eigenvalue weighted by Gasteiger charge is 2.17. The summed E-state index contributed by atoms with van der Waals surface area (Å²) >= 11 is 1.38. The molecule has 0 saturated carbocycles. The van der Waals surface area contributed by atoms with Crippen LogP contribution in [0.5, 0.6) is 0 Å². The van der Waals surface area contributed by atoms with Gasteiger partial charge in [-0.05, 0) is 54.4 Å². The fourth-order valence-electron chi connectivity index (χ4n) is 3.28. The van der Waals surface area contributed by atoms with Gasteiger partial charge in [0.15, 0.2) is 11.0 Å². The van der Waals surface area contributed by atoms with E-state index in [0.29, 0.717) is 28.1 Å². The number of non-ortho nitro benzene ring substituents is 1. The zero-order chi connectivity index (χ0) is 24.8. The number of rotatable bonds is 8. The highest BCUT2D eigenvalue weighted by molar-refractivity contribution is 7.98. The summed E-state index contributed by atoms with van der Waals surface area (Å²) in [6.45, 7) is 2.00. The van der Waals surface area contributed by atoms with Crippen LogP contribution < -0.4 is 10.6 Å². The molecule has 0 aliphatic rings. The second-order valence-electron chi connectivity index (χ2n) is 7.60. The number of benzene rings is 3. The summed E-state index contributed by atoms with van der Waals surface area (Å²) in [4.78, 5) is 23.0. The smallest absolute Gasteiger partial charge is 0.319 e. The molecule has 0 aliphatic heterocycles. The average Bonchev–Trinajstić information content (AvgIpc) is 3.25. The molecule has 0 unspecified atom stereocenters. The van der Waals surface area contributed by atoms with Gasteiger partial charge in [0.1, 0.15) is 5.82 Å². The molecule has 2 N–H and O–H groups in total. The Hall–Kier alpha value is -4.25. The van der Waals surface area contributed by atoms with Gasteiger partial charge in [-0.2, -0.15) is 0 Å². The number of halogens is 1. The van der Waals surface area contributed by atoms with Crippen LogP contribution in [0.2, 0.25) is 0 Å². The maximum Gasteiger partial charge on any atom is 0.319 e. The van der Waals surface area contributed by atoms with Crippen LogP contribution in [-0.4, -0.2) is 25.7 Å². The molecule has 1 heterocycles. The number of urea groups is 1. The molecule has 0 aliphatic carbocycles. The van der Waals surface area contributed by atoms with Crippen LogP contribution in [0.4, 0.5) is 20.6 Å². The first-order chi connectivity index (χ1) is 16.9. The van der Waals surface area contributed by atoms with Crippen molar-refractivity contribution in [3.05, 3.63) is 106 Å². The third-order valence-corrected chi connectivity index (χ3v) is 5.98. The number of amides is 2. The monoisotopic (exact) mass is 492 g/mol. The Morgan fingerprint density at radius 1 is 1.09 bits per heavy atom. The van der Waals surface area contributed by atoms with E-state index in [9.17, 15) is 19.3 Å². The van der Waals surface area contributed by atoms with Gasteiger partial charge in [0, 0.05) is 29.3 Å². The van der Waals surface area contributed by atoms with Gasteiger partial charge in [0.2, 0.25) is 0 Å². The van der Waals surface area contributed by atoms with Crippen molar-refractivity contribution in [2.24, 2.45) is 0 Å². The first-order valence-electron chi connectivity index (χ1n) is 10.6. The summed E-state index contributed by atoms with van der Waals surface area (Å²) in [5.41, 5.74) is 3.14. The van der Waals surface area contributed by atoms with E-state index in [2.05, 4.69) is 20.8 Å². The minimum Gasteiger partial charge on any atom is -0.331 e. The highest BCUT2D eigenvalue weighted by Crippen LogP contribution is 2.26. The van der Waals surface area contributed by atoms with E-state index in [0.717, 1.165) is 11.1 Å². The van der Waals surface area contributed by atoms with Gasteiger partial charge in [0.05, 0.1) is 11.5 Å². The molecule has 3 aromatic carbocycles. The third kappa shape index (κ3) is 6.21. The Morgan fingerprint density at radius 3 is 2.51 bits per heavy atom. The number of nitrogens with zero attached hydrogens (tertiary/aromatic N) is 4. The Bertz CT molecular complexity index is 1340. The summed E-state index contributed by atoms with van der Waals surface area (Å²) in [7, 11) is 0. The largest absolute Gasteiger partial charge is 0.331 e. The van der Waals surface area contributed by atoms with Crippen molar-refractivity contribution < 1.29 is 14.1 Å². The van der Waals surface area contributed by atoms with Gasteiger partial charge in [-0.3, -0.25) is 14.7 Å². The second kappa shape index (κ2) is 10.8. The van der Waals surface area contributed by atoms with Gasteiger partial charge in [0.25, 0.3) is 5.69 Å². The second-order valence-corrected chi connectivity index (χ2v) is 8.54. The molecule has 4 rings (SSSR count). The van der Waals surface area contributed by atoms with Crippen molar-refractivity contribution in [3.63, 3.8) is 0 Å². The number of nitro benzene ring substituents is 1. The molecule has 4 aromatic rings. The molecule has 2 amide bonds. The zero-order valence-corrected chi connectivity index (χ0v) is 19.5. The summed E-state index contributed by atoms with van der Waals surface area (Å²) < 4.78 is 14.9. The lowest BCUT2D eigenvalue weighted by Gasteiger charge is -2.12. The average molecular weight is 493 g/mol. The van der Waals surface area contributed by atoms with Crippen molar-refractivity contribution in [1.29, 1.82) is 0 Å². The van der Waals surface area contributed by atoms with E-state index in [1.54, 1.807) is 34.9 Å². The molecule has 0 radical (unpaired) electrons. The number of aryl methyl sites for hydroxylation is 1. The van der Waals surface area contributed by atoms with Gasteiger partial charge in [-0.1, -0.05) is 36.0 Å². The number of nitrogens with one attached hydrogen (secondary N) is 2. The normalized spacial score (nSPS) is 10.7. The summed E-state index contributed by atoms with van der Waals surface area (Å²) in [5, 5.41) is 25.6. The quantitative estimate of drug-likeness (QED) is 0.198. The highest BCUT2D eigenvalue weighted by atomic mass is 32.2. The van der Waals surface area contributed by atoms with Crippen LogP contribution in [0.1, 0.15) is 17.0 Å². The first kappa shape index (κ1) is 23.9. The molecule has 178 valence electrons. The first-order valence-corrected chi connectivity index (χ1v) is 11.6. The van der Waals surface area contributed by atoms with E-state index < -0.39 is 11.0 Å². The molecule has 0 fully saturated rings. The Balaban J connectivity index is 1.54. The summed E-state index contributed by atoms with van der Waals surface area (Å²) in [6.07, 6.45) is 0. The number of hydrogen-bond donors (Lipinski definition) is 2. The van der Waals surface area contributed by atoms with E-state index in [1.165, 1.54) is 36.0 Å². The van der Waals surface area contributed by atoms with E-state index in [4.69, 9.17) is 0 Å². The molecule has 0 bridgehead atoms. The minimum absolute atomic E-state index is 0.0421. The summed E-state index contributed by atoms with van der Waals surface area (Å²) in [5.74, 6) is 0.636. The van der Waals surface area contributed by atoms with Crippen LogP contribution in [0.15, 0.2) is 78.0 Å². The van der Waals surface area contributed by atoms with Crippen LogP contribution in [0.3, 0.4) is 0 Å². The van der Waals surface area contributed by atoms with Crippen molar-refractivity contribution in [2.45, 2.75) is 24.4 Å². The number of nitro groups is 1. The number of anilines is 1. The zero-order valence-electron chi connectivity index (χ0n) is 18.6. The Kier molecular flexibility index (Phi) is 7.36. The predicted octanol–water partition coefficient (Wildman–Crippen LogP) is 5.24. The van der Waals surface area contributed by atoms with Crippen LogP contribution in [0, 0.1) is 22.9 Å². The Labute approximate surface area is 204 Å². The van der Waals surface area contributed by atoms with E-state index in [1.807, 2.05) is 25.1 Å². The van der Waals surface area contributed by atoms with Crippen molar-refractivity contribution in [2.75, 3.05) is 5.32 Å². The lowest BCUT2D eigenvalue weighted by Crippen LogP contribution is -2.29.